The number of rotatable bonds is 9. The quantitative estimate of drug-likeness (QED) is 0.727. The zero-order chi connectivity index (χ0) is 18.3. The molecule has 0 spiro atoms. The van der Waals surface area contributed by atoms with Crippen molar-refractivity contribution < 1.29 is 13.2 Å². The number of hydrogen-bond donors (Lipinski definition) is 1. The van der Waals surface area contributed by atoms with Gasteiger partial charge in [-0.15, -0.1) is 11.3 Å². The van der Waals surface area contributed by atoms with Gasteiger partial charge in [0, 0.05) is 31.4 Å². The minimum Gasteiger partial charge on any atom is -0.341 e. The van der Waals surface area contributed by atoms with Crippen LogP contribution in [-0.2, 0) is 27.7 Å². The number of nitrogens with one attached hydrogen (secondary N) is 1. The molecule has 136 valence electrons. The van der Waals surface area contributed by atoms with Gasteiger partial charge in [0.2, 0.25) is 15.9 Å². The van der Waals surface area contributed by atoms with Crippen LogP contribution >= 0.6 is 11.3 Å². The highest BCUT2D eigenvalue weighted by Crippen LogP contribution is 2.21. The average Bonchev–Trinajstić information content (AvgIpc) is 3.08. The highest BCUT2D eigenvalue weighted by Gasteiger charge is 2.17. The van der Waals surface area contributed by atoms with Crippen molar-refractivity contribution >= 4 is 27.3 Å². The summed E-state index contributed by atoms with van der Waals surface area (Å²) in [5, 5.41) is 0. The molecule has 5 nitrogen and oxygen atoms in total. The second kappa shape index (κ2) is 9.12. The van der Waals surface area contributed by atoms with Gasteiger partial charge in [0.05, 0.1) is 0 Å². The summed E-state index contributed by atoms with van der Waals surface area (Å²) in [4.78, 5) is 14.5. The molecule has 1 aromatic carbocycles. The van der Waals surface area contributed by atoms with Gasteiger partial charge in [0.25, 0.3) is 0 Å². The normalized spacial score (nSPS) is 11.4. The fraction of sp³-hybridized carbons (Fsp3) is 0.389. The van der Waals surface area contributed by atoms with E-state index in [1.54, 1.807) is 11.0 Å². The molecule has 1 N–H and O–H groups in total. The molecule has 0 unspecified atom stereocenters. The molecule has 7 heteroatoms. The molecule has 0 aliphatic heterocycles. The number of hydrogen-bond acceptors (Lipinski definition) is 4. The Balaban J connectivity index is 1.87. The smallest absolute Gasteiger partial charge is 0.250 e. The first kappa shape index (κ1) is 19.6. The number of aryl methyl sites for hydroxylation is 1. The second-order valence-electron chi connectivity index (χ2n) is 5.71. The van der Waals surface area contributed by atoms with E-state index < -0.39 is 10.0 Å². The molecule has 0 aliphatic carbocycles. The lowest BCUT2D eigenvalue weighted by Gasteiger charge is -2.21. The maximum Gasteiger partial charge on any atom is 0.250 e. The van der Waals surface area contributed by atoms with Gasteiger partial charge in [-0.3, -0.25) is 4.79 Å². The van der Waals surface area contributed by atoms with Crippen molar-refractivity contribution in [2.24, 2.45) is 0 Å². The number of amides is 1. The Kier molecular flexibility index (Phi) is 7.16. The highest BCUT2D eigenvalue weighted by molar-refractivity contribution is 7.91. The van der Waals surface area contributed by atoms with E-state index in [0.717, 1.165) is 23.3 Å². The van der Waals surface area contributed by atoms with Crippen molar-refractivity contribution in [2.75, 3.05) is 19.6 Å². The van der Waals surface area contributed by atoms with Gasteiger partial charge < -0.3 is 4.90 Å². The van der Waals surface area contributed by atoms with E-state index in [2.05, 4.69) is 4.72 Å². The topological polar surface area (TPSA) is 66.5 Å². The van der Waals surface area contributed by atoms with Crippen molar-refractivity contribution in [3.8, 4) is 0 Å². The van der Waals surface area contributed by atoms with E-state index in [-0.39, 0.29) is 12.5 Å². The van der Waals surface area contributed by atoms with Gasteiger partial charge in [0.15, 0.2) is 0 Å². The third-order valence-electron chi connectivity index (χ3n) is 3.88. The van der Waals surface area contributed by atoms with Gasteiger partial charge >= 0.3 is 0 Å². The zero-order valence-corrected chi connectivity index (χ0v) is 16.2. The Morgan fingerprint density at radius 3 is 2.44 bits per heavy atom. The molecule has 1 aromatic heterocycles. The minimum atomic E-state index is -3.51. The molecule has 2 aromatic rings. The number of carbonyl (C=O) groups is 1. The summed E-state index contributed by atoms with van der Waals surface area (Å²) in [5.74, 6) is -0.0560. The summed E-state index contributed by atoms with van der Waals surface area (Å²) >= 11 is 1.28. The van der Waals surface area contributed by atoms with E-state index in [1.807, 2.05) is 43.3 Å². The predicted molar refractivity (Wildman–Crippen MR) is 101 cm³/mol. The molecule has 0 saturated heterocycles. The van der Waals surface area contributed by atoms with Gasteiger partial charge in [-0.1, -0.05) is 37.3 Å². The standard InChI is InChI=1S/C18H24N2O3S2/c1-3-17-9-10-18(24-17)25(22,23)19-12-14-20(15(2)21)13-11-16-7-5-4-6-8-16/h4-10,19H,3,11-14H2,1-2H3. The number of carbonyl (C=O) groups excluding carboxylic acids is 1. The molecule has 1 heterocycles. The van der Waals surface area contributed by atoms with Crippen LogP contribution in [0.3, 0.4) is 0 Å². The molecular formula is C18H24N2O3S2. The Labute approximate surface area is 153 Å². The van der Waals surface area contributed by atoms with Crippen LogP contribution in [0, 0.1) is 0 Å². The molecule has 0 radical (unpaired) electrons. The lowest BCUT2D eigenvalue weighted by Crippen LogP contribution is -2.38. The summed E-state index contributed by atoms with van der Waals surface area (Å²) in [6, 6.07) is 13.4. The first-order valence-corrected chi connectivity index (χ1v) is 10.6. The van der Waals surface area contributed by atoms with Crippen LogP contribution in [0.15, 0.2) is 46.7 Å². The van der Waals surface area contributed by atoms with Crippen LogP contribution in [-0.4, -0.2) is 38.9 Å². The zero-order valence-electron chi connectivity index (χ0n) is 14.6. The molecule has 0 saturated carbocycles. The summed E-state index contributed by atoms with van der Waals surface area (Å²) in [7, 11) is -3.51. The fourth-order valence-electron chi connectivity index (χ4n) is 2.41. The lowest BCUT2D eigenvalue weighted by atomic mass is 10.1. The Morgan fingerprint density at radius 1 is 1.12 bits per heavy atom. The minimum absolute atomic E-state index is 0.0560. The maximum atomic E-state index is 12.3. The van der Waals surface area contributed by atoms with Crippen molar-refractivity contribution in [1.82, 2.24) is 9.62 Å². The Hall–Kier alpha value is -1.70. The van der Waals surface area contributed by atoms with Crippen LogP contribution in [0.2, 0.25) is 0 Å². The first-order valence-electron chi connectivity index (χ1n) is 8.30. The lowest BCUT2D eigenvalue weighted by molar-refractivity contribution is -0.128. The van der Waals surface area contributed by atoms with Crippen molar-refractivity contribution in [1.29, 1.82) is 0 Å². The molecule has 0 bridgehead atoms. The maximum absolute atomic E-state index is 12.3. The van der Waals surface area contributed by atoms with Crippen molar-refractivity contribution in [3.05, 3.63) is 52.9 Å². The monoisotopic (exact) mass is 380 g/mol. The van der Waals surface area contributed by atoms with Gasteiger partial charge in [0.1, 0.15) is 4.21 Å². The Bertz CT molecular complexity index is 786. The summed E-state index contributed by atoms with van der Waals surface area (Å²) in [6.45, 7) is 4.63. The molecule has 0 atom stereocenters. The van der Waals surface area contributed by atoms with Crippen LogP contribution in [0.25, 0.3) is 0 Å². The van der Waals surface area contributed by atoms with Crippen LogP contribution in [0.5, 0.6) is 0 Å². The third-order valence-corrected chi connectivity index (χ3v) is 7.07. The van der Waals surface area contributed by atoms with Gasteiger partial charge in [-0.05, 0) is 30.5 Å². The molecule has 2 rings (SSSR count). The SMILES string of the molecule is CCc1ccc(S(=O)(=O)NCCN(CCc2ccccc2)C(C)=O)s1. The fourth-order valence-corrected chi connectivity index (χ4v) is 4.78. The van der Waals surface area contributed by atoms with Crippen LogP contribution in [0.4, 0.5) is 0 Å². The van der Waals surface area contributed by atoms with Gasteiger partial charge in [-0.2, -0.15) is 0 Å². The summed E-state index contributed by atoms with van der Waals surface area (Å²) in [6.07, 6.45) is 1.57. The van der Waals surface area contributed by atoms with Crippen molar-refractivity contribution in [3.63, 3.8) is 0 Å². The highest BCUT2D eigenvalue weighted by atomic mass is 32.2. The van der Waals surface area contributed by atoms with Crippen molar-refractivity contribution in [2.45, 2.75) is 30.9 Å². The summed E-state index contributed by atoms with van der Waals surface area (Å²) in [5.41, 5.74) is 1.15. The molecule has 0 aliphatic rings. The molecular weight excluding hydrogens is 356 g/mol. The molecule has 25 heavy (non-hydrogen) atoms. The van der Waals surface area contributed by atoms with E-state index >= 15 is 0 Å². The molecule has 1 amide bonds. The second-order valence-corrected chi connectivity index (χ2v) is 8.88. The van der Waals surface area contributed by atoms with Crippen LogP contribution < -0.4 is 4.72 Å². The molecule has 0 fully saturated rings. The van der Waals surface area contributed by atoms with E-state index in [4.69, 9.17) is 0 Å². The van der Waals surface area contributed by atoms with Gasteiger partial charge in [-0.25, -0.2) is 13.1 Å². The number of sulfonamides is 1. The van der Waals surface area contributed by atoms with E-state index in [1.165, 1.54) is 18.3 Å². The first-order chi connectivity index (χ1) is 11.9. The Morgan fingerprint density at radius 2 is 1.84 bits per heavy atom. The largest absolute Gasteiger partial charge is 0.341 e. The van der Waals surface area contributed by atoms with E-state index in [9.17, 15) is 13.2 Å². The summed E-state index contributed by atoms with van der Waals surface area (Å²) < 4.78 is 27.5. The van der Waals surface area contributed by atoms with Crippen LogP contribution in [0.1, 0.15) is 24.3 Å². The predicted octanol–water partition coefficient (Wildman–Crippen LogP) is 2.68. The number of benzene rings is 1. The third kappa shape index (κ3) is 5.95. The van der Waals surface area contributed by atoms with E-state index in [0.29, 0.717) is 17.3 Å². The average molecular weight is 381 g/mol. The number of thiophene rings is 1. The number of nitrogens with zero attached hydrogens (tertiary/aromatic N) is 1.